The molecule has 0 atom stereocenters. The largest absolute Gasteiger partial charge is 0.378 e. The lowest BCUT2D eigenvalue weighted by Crippen LogP contribution is -2.32. The van der Waals surface area contributed by atoms with Crippen LogP contribution in [0.25, 0.3) is 0 Å². The number of nitrogens with zero attached hydrogens (tertiary/aromatic N) is 3. The van der Waals surface area contributed by atoms with Gasteiger partial charge in [-0.2, -0.15) is 0 Å². The smallest absolute Gasteiger partial charge is 0.108 e. The van der Waals surface area contributed by atoms with Crippen LogP contribution in [-0.2, 0) is 16.9 Å². The lowest BCUT2D eigenvalue weighted by atomic mass is 9.82. The Morgan fingerprint density at radius 2 is 1.88 bits per heavy atom. The molecule has 0 aliphatic rings. The Bertz CT molecular complexity index is 336. The maximum atomic E-state index is 5.04. The van der Waals surface area contributed by atoms with Gasteiger partial charge in [-0.15, -0.1) is 5.10 Å². The van der Waals surface area contributed by atoms with Gasteiger partial charge < -0.3 is 4.74 Å². The highest BCUT2D eigenvalue weighted by atomic mass is 16.5. The second kappa shape index (κ2) is 4.53. The summed E-state index contributed by atoms with van der Waals surface area (Å²) in [5, 5.41) is 8.27. The number of ether oxygens (including phenoxy) is 1. The second-order valence-electron chi connectivity index (χ2n) is 6.14. The van der Waals surface area contributed by atoms with E-state index in [1.54, 1.807) is 7.11 Å². The van der Waals surface area contributed by atoms with Crippen molar-refractivity contribution in [3.63, 3.8) is 0 Å². The van der Waals surface area contributed by atoms with Gasteiger partial charge in [-0.3, -0.25) is 0 Å². The molecule has 1 aromatic heterocycles. The van der Waals surface area contributed by atoms with Crippen molar-refractivity contribution in [3.05, 3.63) is 11.9 Å². The summed E-state index contributed by atoms with van der Waals surface area (Å²) >= 11 is 0. The molecule has 1 rings (SSSR count). The van der Waals surface area contributed by atoms with E-state index in [0.717, 1.165) is 12.1 Å². The number of rotatable bonds is 4. The summed E-state index contributed by atoms with van der Waals surface area (Å²) in [5.41, 5.74) is 1.14. The minimum atomic E-state index is -0.0166. The zero-order valence-corrected chi connectivity index (χ0v) is 11.2. The molecule has 0 radical (unpaired) electrons. The first-order chi connectivity index (χ1) is 7.24. The molecule has 0 bridgehead atoms. The van der Waals surface area contributed by atoms with Gasteiger partial charge in [0, 0.05) is 7.11 Å². The molecular weight excluding hydrogens is 202 g/mol. The molecule has 1 heterocycles. The summed E-state index contributed by atoms with van der Waals surface area (Å²) in [5.74, 6) is 0. The van der Waals surface area contributed by atoms with Crippen LogP contribution in [0.5, 0.6) is 0 Å². The average Bonchev–Trinajstić information content (AvgIpc) is 2.49. The summed E-state index contributed by atoms with van der Waals surface area (Å²) in [4.78, 5) is 0. The molecule has 0 aromatic carbocycles. The zero-order valence-electron chi connectivity index (χ0n) is 11.2. The van der Waals surface area contributed by atoms with E-state index in [2.05, 4.69) is 44.9 Å². The predicted molar refractivity (Wildman–Crippen MR) is 64.1 cm³/mol. The fraction of sp³-hybridized carbons (Fsp3) is 0.833. The van der Waals surface area contributed by atoms with Crippen molar-refractivity contribution in [3.8, 4) is 0 Å². The average molecular weight is 225 g/mol. The van der Waals surface area contributed by atoms with E-state index in [9.17, 15) is 0 Å². The Balaban J connectivity index is 2.81. The van der Waals surface area contributed by atoms with Crippen LogP contribution >= 0.6 is 0 Å². The van der Waals surface area contributed by atoms with Crippen LogP contribution < -0.4 is 0 Å². The topological polar surface area (TPSA) is 39.9 Å². The van der Waals surface area contributed by atoms with Crippen LogP contribution in [0, 0.1) is 5.41 Å². The summed E-state index contributed by atoms with van der Waals surface area (Å²) in [6.07, 6.45) is 3.02. The number of aromatic nitrogens is 3. The first-order valence-electron chi connectivity index (χ1n) is 5.65. The summed E-state index contributed by atoms with van der Waals surface area (Å²) < 4.78 is 6.98. The van der Waals surface area contributed by atoms with Crippen molar-refractivity contribution < 1.29 is 4.74 Å². The maximum Gasteiger partial charge on any atom is 0.108 e. The molecule has 4 heteroatoms. The van der Waals surface area contributed by atoms with Crippen LogP contribution in [0.1, 0.15) is 46.7 Å². The van der Waals surface area contributed by atoms with Gasteiger partial charge in [0.2, 0.25) is 0 Å². The molecule has 0 saturated carbocycles. The second-order valence-corrected chi connectivity index (χ2v) is 6.14. The Hall–Kier alpha value is -0.900. The molecule has 4 nitrogen and oxygen atoms in total. The van der Waals surface area contributed by atoms with Crippen molar-refractivity contribution >= 4 is 0 Å². The molecule has 92 valence electrons. The van der Waals surface area contributed by atoms with E-state index in [-0.39, 0.29) is 11.0 Å². The predicted octanol–water partition coefficient (Wildman–Crippen LogP) is 2.60. The standard InChI is InChI=1S/C12H23N3O/c1-11(2,3)9-12(4,5)15-7-10(8-16-6)13-14-15/h7H,8-9H2,1-6H3. The van der Waals surface area contributed by atoms with Crippen molar-refractivity contribution in [1.29, 1.82) is 0 Å². The molecule has 0 aliphatic carbocycles. The zero-order chi connectivity index (χ0) is 12.4. The molecule has 0 N–H and O–H groups in total. The molecule has 0 unspecified atom stereocenters. The normalized spacial score (nSPS) is 13.1. The molecule has 0 aliphatic heterocycles. The first-order valence-corrected chi connectivity index (χ1v) is 5.65. The molecule has 0 saturated heterocycles. The number of methoxy groups -OCH3 is 1. The lowest BCUT2D eigenvalue weighted by Gasteiger charge is -2.32. The molecular formula is C12H23N3O. The monoisotopic (exact) mass is 225 g/mol. The third-order valence-corrected chi connectivity index (χ3v) is 2.42. The van der Waals surface area contributed by atoms with Crippen LogP contribution in [0.4, 0.5) is 0 Å². The van der Waals surface area contributed by atoms with E-state index in [0.29, 0.717) is 6.61 Å². The van der Waals surface area contributed by atoms with Crippen LogP contribution in [0.2, 0.25) is 0 Å². The number of hydrogen-bond acceptors (Lipinski definition) is 3. The molecule has 0 spiro atoms. The van der Waals surface area contributed by atoms with Crippen LogP contribution in [0.15, 0.2) is 6.20 Å². The van der Waals surface area contributed by atoms with Crippen LogP contribution in [-0.4, -0.2) is 22.1 Å². The van der Waals surface area contributed by atoms with Gasteiger partial charge in [0.25, 0.3) is 0 Å². The van der Waals surface area contributed by atoms with E-state index in [1.165, 1.54) is 0 Å². The van der Waals surface area contributed by atoms with Gasteiger partial charge in [0.05, 0.1) is 18.3 Å². The Labute approximate surface area is 98.0 Å². The molecule has 16 heavy (non-hydrogen) atoms. The summed E-state index contributed by atoms with van der Waals surface area (Å²) in [6.45, 7) is 11.6. The highest BCUT2D eigenvalue weighted by Crippen LogP contribution is 2.31. The highest BCUT2D eigenvalue weighted by Gasteiger charge is 2.28. The van der Waals surface area contributed by atoms with E-state index in [4.69, 9.17) is 4.74 Å². The SMILES string of the molecule is COCc1cn(C(C)(C)CC(C)(C)C)nn1. The first kappa shape index (κ1) is 13.2. The number of hydrogen-bond donors (Lipinski definition) is 0. The van der Waals surface area contributed by atoms with Crippen molar-refractivity contribution in [1.82, 2.24) is 15.0 Å². The lowest BCUT2D eigenvalue weighted by molar-refractivity contribution is 0.181. The summed E-state index contributed by atoms with van der Waals surface area (Å²) in [7, 11) is 1.67. The van der Waals surface area contributed by atoms with Crippen molar-refractivity contribution in [2.45, 2.75) is 53.2 Å². The third-order valence-electron chi connectivity index (χ3n) is 2.42. The Morgan fingerprint density at radius 3 is 2.38 bits per heavy atom. The van der Waals surface area contributed by atoms with Gasteiger partial charge in [0.15, 0.2) is 0 Å². The molecule has 0 amide bonds. The van der Waals surface area contributed by atoms with Crippen LogP contribution in [0.3, 0.4) is 0 Å². The summed E-state index contributed by atoms with van der Waals surface area (Å²) in [6, 6.07) is 0. The quantitative estimate of drug-likeness (QED) is 0.790. The van der Waals surface area contributed by atoms with Gasteiger partial charge >= 0.3 is 0 Å². The molecule has 1 aromatic rings. The van der Waals surface area contributed by atoms with Gasteiger partial charge in [0.1, 0.15) is 5.69 Å². The van der Waals surface area contributed by atoms with Crippen molar-refractivity contribution in [2.24, 2.45) is 5.41 Å². The maximum absolute atomic E-state index is 5.04. The van der Waals surface area contributed by atoms with Crippen molar-refractivity contribution in [2.75, 3.05) is 7.11 Å². The Morgan fingerprint density at radius 1 is 1.25 bits per heavy atom. The van der Waals surface area contributed by atoms with E-state index < -0.39 is 0 Å². The highest BCUT2D eigenvalue weighted by molar-refractivity contribution is 4.94. The van der Waals surface area contributed by atoms with Gasteiger partial charge in [-0.05, 0) is 25.7 Å². The minimum absolute atomic E-state index is 0.0166. The molecule has 0 fully saturated rings. The van der Waals surface area contributed by atoms with Gasteiger partial charge in [-0.25, -0.2) is 4.68 Å². The van der Waals surface area contributed by atoms with Gasteiger partial charge in [-0.1, -0.05) is 26.0 Å². The van der Waals surface area contributed by atoms with E-state index >= 15 is 0 Å². The van der Waals surface area contributed by atoms with E-state index in [1.807, 2.05) is 10.9 Å². The Kier molecular flexibility index (Phi) is 3.73. The fourth-order valence-electron chi connectivity index (χ4n) is 2.19. The fourth-order valence-corrected chi connectivity index (χ4v) is 2.19. The minimum Gasteiger partial charge on any atom is -0.378 e. The third kappa shape index (κ3) is 3.59.